The first kappa shape index (κ1) is 10.2. The van der Waals surface area contributed by atoms with Crippen LogP contribution in [0.5, 0.6) is 0 Å². The second-order valence-corrected chi connectivity index (χ2v) is 3.82. The maximum atomic E-state index is 10.3. The van der Waals surface area contributed by atoms with Crippen molar-refractivity contribution < 1.29 is 9.90 Å². The van der Waals surface area contributed by atoms with Crippen molar-refractivity contribution >= 4 is 35.0 Å². The summed E-state index contributed by atoms with van der Waals surface area (Å²) in [5, 5.41) is 8.99. The fourth-order valence-electron chi connectivity index (χ4n) is 0.790. The van der Waals surface area contributed by atoms with Crippen LogP contribution >= 0.6 is 23.4 Å². The molecule has 0 unspecified atom stereocenters. The largest absolute Gasteiger partial charge is 0.481 e. The number of benzene rings is 1. The van der Waals surface area contributed by atoms with Crippen LogP contribution in [0.25, 0.3) is 0 Å². The van der Waals surface area contributed by atoms with Crippen LogP contribution in [0.15, 0.2) is 23.1 Å². The molecule has 0 saturated heterocycles. The number of halogens is 1. The molecule has 13 heavy (non-hydrogen) atoms. The lowest BCUT2D eigenvalue weighted by Gasteiger charge is -2.02. The van der Waals surface area contributed by atoms with Gasteiger partial charge in [-0.15, -0.1) is 11.8 Å². The van der Waals surface area contributed by atoms with Gasteiger partial charge in [-0.05, 0) is 18.2 Å². The van der Waals surface area contributed by atoms with Gasteiger partial charge in [-0.2, -0.15) is 0 Å². The van der Waals surface area contributed by atoms with Gasteiger partial charge >= 0.3 is 5.97 Å². The lowest BCUT2D eigenvalue weighted by atomic mass is 10.3. The third kappa shape index (κ3) is 3.16. The number of hydrogen-bond donors (Lipinski definition) is 2. The smallest absolute Gasteiger partial charge is 0.313 e. The monoisotopic (exact) mass is 217 g/mol. The Morgan fingerprint density at radius 3 is 2.85 bits per heavy atom. The molecule has 70 valence electrons. The van der Waals surface area contributed by atoms with Gasteiger partial charge in [0.25, 0.3) is 0 Å². The third-order valence-corrected chi connectivity index (χ3v) is 2.63. The molecule has 5 heteroatoms. The molecule has 0 aliphatic carbocycles. The maximum absolute atomic E-state index is 10.3. The fourth-order valence-corrected chi connectivity index (χ4v) is 1.64. The molecule has 3 N–H and O–H groups in total. The van der Waals surface area contributed by atoms with E-state index in [4.69, 9.17) is 22.4 Å². The van der Waals surface area contributed by atoms with Gasteiger partial charge in [0.2, 0.25) is 0 Å². The van der Waals surface area contributed by atoms with Crippen LogP contribution in [0.2, 0.25) is 5.02 Å². The van der Waals surface area contributed by atoms with Crippen molar-refractivity contribution in [1.82, 2.24) is 0 Å². The van der Waals surface area contributed by atoms with Crippen LogP contribution in [-0.4, -0.2) is 16.8 Å². The first-order chi connectivity index (χ1) is 6.09. The van der Waals surface area contributed by atoms with Crippen LogP contribution in [0.1, 0.15) is 0 Å². The molecule has 0 atom stereocenters. The highest BCUT2D eigenvalue weighted by atomic mass is 35.5. The Labute approximate surface area is 84.9 Å². The highest BCUT2D eigenvalue weighted by Crippen LogP contribution is 2.27. The van der Waals surface area contributed by atoms with Gasteiger partial charge < -0.3 is 10.8 Å². The Kier molecular flexibility index (Phi) is 3.45. The number of aliphatic carboxylic acids is 1. The Hall–Kier alpha value is -0.870. The van der Waals surface area contributed by atoms with Gasteiger partial charge in [0, 0.05) is 15.6 Å². The molecule has 0 bridgehead atoms. The zero-order chi connectivity index (χ0) is 9.84. The number of carboxylic acid groups (broad SMARTS) is 1. The van der Waals surface area contributed by atoms with Crippen LogP contribution in [-0.2, 0) is 4.79 Å². The minimum atomic E-state index is -0.862. The average molecular weight is 218 g/mol. The van der Waals surface area contributed by atoms with Gasteiger partial charge in [-0.3, -0.25) is 4.79 Å². The van der Waals surface area contributed by atoms with Crippen LogP contribution in [0.4, 0.5) is 5.69 Å². The number of carboxylic acids is 1. The minimum absolute atomic E-state index is 0.00579. The van der Waals surface area contributed by atoms with Gasteiger partial charge in [-0.25, -0.2) is 0 Å². The molecule has 3 nitrogen and oxygen atoms in total. The number of rotatable bonds is 3. The Morgan fingerprint density at radius 1 is 1.62 bits per heavy atom. The normalized spacial score (nSPS) is 9.92. The number of hydrogen-bond acceptors (Lipinski definition) is 3. The lowest BCUT2D eigenvalue weighted by Crippen LogP contribution is -1.98. The maximum Gasteiger partial charge on any atom is 0.313 e. The van der Waals surface area contributed by atoms with Crippen molar-refractivity contribution in [2.75, 3.05) is 11.5 Å². The highest BCUT2D eigenvalue weighted by molar-refractivity contribution is 8.00. The molecule has 0 aromatic heterocycles. The first-order valence-corrected chi connectivity index (χ1v) is 4.85. The van der Waals surface area contributed by atoms with E-state index in [0.717, 1.165) is 4.90 Å². The predicted molar refractivity (Wildman–Crippen MR) is 54.2 cm³/mol. The SMILES string of the molecule is Nc1cc(Cl)ccc1SCC(=O)O. The summed E-state index contributed by atoms with van der Waals surface area (Å²) in [6.45, 7) is 0. The molecular formula is C8H8ClNO2S. The molecule has 1 aromatic carbocycles. The van der Waals surface area contributed by atoms with Crippen LogP contribution in [0.3, 0.4) is 0 Å². The second-order valence-electron chi connectivity index (χ2n) is 2.36. The van der Waals surface area contributed by atoms with E-state index < -0.39 is 5.97 Å². The summed E-state index contributed by atoms with van der Waals surface area (Å²) in [5.74, 6) is -0.856. The zero-order valence-electron chi connectivity index (χ0n) is 6.66. The van der Waals surface area contributed by atoms with E-state index in [1.807, 2.05) is 0 Å². The molecular weight excluding hydrogens is 210 g/mol. The zero-order valence-corrected chi connectivity index (χ0v) is 8.23. The van der Waals surface area contributed by atoms with Crippen molar-refractivity contribution in [3.05, 3.63) is 23.2 Å². The van der Waals surface area contributed by atoms with E-state index in [-0.39, 0.29) is 5.75 Å². The summed E-state index contributed by atoms with van der Waals surface area (Å²) < 4.78 is 0. The van der Waals surface area contributed by atoms with Gasteiger partial charge in [-0.1, -0.05) is 11.6 Å². The molecule has 0 heterocycles. The molecule has 0 spiro atoms. The van der Waals surface area contributed by atoms with Crippen LogP contribution in [0, 0.1) is 0 Å². The molecule has 1 rings (SSSR count). The van der Waals surface area contributed by atoms with E-state index in [1.165, 1.54) is 11.8 Å². The molecule has 0 amide bonds. The Balaban J connectivity index is 2.72. The van der Waals surface area contributed by atoms with Crippen LogP contribution < -0.4 is 5.73 Å². The molecule has 1 aromatic rings. The number of carbonyl (C=O) groups is 1. The topological polar surface area (TPSA) is 63.3 Å². The molecule has 0 saturated carbocycles. The molecule has 0 radical (unpaired) electrons. The van der Waals surface area contributed by atoms with Gasteiger partial charge in [0.05, 0.1) is 5.75 Å². The Morgan fingerprint density at radius 2 is 2.31 bits per heavy atom. The number of anilines is 1. The predicted octanol–water partition coefficient (Wildman–Crippen LogP) is 2.10. The van der Waals surface area contributed by atoms with Crippen molar-refractivity contribution in [3.63, 3.8) is 0 Å². The molecule has 0 aliphatic rings. The summed E-state index contributed by atoms with van der Waals surface area (Å²) in [6.07, 6.45) is 0. The summed E-state index contributed by atoms with van der Waals surface area (Å²) in [6, 6.07) is 5.00. The van der Waals surface area contributed by atoms with Crippen molar-refractivity contribution in [2.45, 2.75) is 4.90 Å². The number of nitrogen functional groups attached to an aromatic ring is 1. The van der Waals surface area contributed by atoms with Crippen molar-refractivity contribution in [1.29, 1.82) is 0 Å². The van der Waals surface area contributed by atoms with Crippen molar-refractivity contribution in [2.24, 2.45) is 0 Å². The summed E-state index contributed by atoms with van der Waals surface area (Å²) in [5.41, 5.74) is 6.12. The molecule has 0 fully saturated rings. The number of thioether (sulfide) groups is 1. The second kappa shape index (κ2) is 4.39. The lowest BCUT2D eigenvalue weighted by molar-refractivity contribution is -0.133. The quantitative estimate of drug-likeness (QED) is 0.601. The average Bonchev–Trinajstić information content (AvgIpc) is 2.02. The third-order valence-electron chi connectivity index (χ3n) is 1.32. The van der Waals surface area contributed by atoms with E-state index in [1.54, 1.807) is 18.2 Å². The fraction of sp³-hybridized carbons (Fsp3) is 0.125. The molecule has 0 aliphatic heterocycles. The van der Waals surface area contributed by atoms with Gasteiger partial charge in [0.15, 0.2) is 0 Å². The van der Waals surface area contributed by atoms with Crippen molar-refractivity contribution in [3.8, 4) is 0 Å². The Bertz CT molecular complexity index is 330. The van der Waals surface area contributed by atoms with E-state index in [9.17, 15) is 4.79 Å². The first-order valence-electron chi connectivity index (χ1n) is 3.49. The highest BCUT2D eigenvalue weighted by Gasteiger charge is 2.03. The summed E-state index contributed by atoms with van der Waals surface area (Å²) in [7, 11) is 0. The van der Waals surface area contributed by atoms with E-state index >= 15 is 0 Å². The van der Waals surface area contributed by atoms with E-state index in [0.29, 0.717) is 10.7 Å². The standard InChI is InChI=1S/C8H8ClNO2S/c9-5-1-2-7(6(10)3-5)13-4-8(11)12/h1-3H,4,10H2,(H,11,12). The van der Waals surface area contributed by atoms with Gasteiger partial charge in [0.1, 0.15) is 0 Å². The minimum Gasteiger partial charge on any atom is -0.481 e. The van der Waals surface area contributed by atoms with E-state index in [2.05, 4.69) is 0 Å². The summed E-state index contributed by atoms with van der Waals surface area (Å²) in [4.78, 5) is 11.0. The number of nitrogens with two attached hydrogens (primary N) is 1. The summed E-state index contributed by atoms with van der Waals surface area (Å²) >= 11 is 6.85.